The SMILES string of the molecule is Cc1ccc(S(=O)(=O)Oc2ccc(C(=O)CN(C(=O)c3ccc(Cl)c(Cl)c3)N3C(=O)[C@@H]4CC[C@@H](C)C[C@H]4C3=O)cc2)cc1. The first-order valence-corrected chi connectivity index (χ1v) is 15.8. The van der Waals surface area contributed by atoms with Crippen molar-refractivity contribution in [3.63, 3.8) is 0 Å². The number of carbonyl (C=O) groups is 4. The molecule has 3 atom stereocenters. The Kier molecular flexibility index (Phi) is 8.65. The Bertz CT molecular complexity index is 1710. The van der Waals surface area contributed by atoms with Crippen LogP contribution in [0.2, 0.25) is 10.0 Å². The van der Waals surface area contributed by atoms with Crippen LogP contribution in [-0.2, 0) is 19.7 Å². The van der Waals surface area contributed by atoms with Gasteiger partial charge in [0.15, 0.2) is 5.78 Å². The molecule has 1 heterocycles. The number of ketones is 1. The summed E-state index contributed by atoms with van der Waals surface area (Å²) in [5, 5.41) is 1.97. The van der Waals surface area contributed by atoms with E-state index in [2.05, 4.69) is 0 Å². The first kappa shape index (κ1) is 30.7. The third kappa shape index (κ3) is 6.32. The van der Waals surface area contributed by atoms with Crippen molar-refractivity contribution in [1.29, 1.82) is 0 Å². The summed E-state index contributed by atoms with van der Waals surface area (Å²) in [7, 11) is -4.11. The van der Waals surface area contributed by atoms with Gasteiger partial charge in [0.25, 0.3) is 17.7 Å². The van der Waals surface area contributed by atoms with Gasteiger partial charge in [0.2, 0.25) is 0 Å². The van der Waals surface area contributed by atoms with Crippen LogP contribution in [0, 0.1) is 24.7 Å². The number of aryl methyl sites for hydroxylation is 1. The zero-order chi connectivity index (χ0) is 31.1. The molecule has 2 aliphatic rings. The van der Waals surface area contributed by atoms with Gasteiger partial charge >= 0.3 is 10.1 Å². The molecule has 3 aromatic rings. The molecule has 3 amide bonds. The van der Waals surface area contributed by atoms with Gasteiger partial charge in [-0.05, 0) is 86.7 Å². The summed E-state index contributed by atoms with van der Waals surface area (Å²) in [6.07, 6.45) is 1.81. The maximum Gasteiger partial charge on any atom is 0.339 e. The number of imide groups is 1. The molecule has 3 aromatic carbocycles. The number of nitrogens with zero attached hydrogens (tertiary/aromatic N) is 2. The maximum absolute atomic E-state index is 13.7. The Balaban J connectivity index is 1.40. The van der Waals surface area contributed by atoms with Gasteiger partial charge in [0, 0.05) is 11.1 Å². The number of fused-ring (bicyclic) bond motifs is 1. The van der Waals surface area contributed by atoms with Crippen molar-refractivity contribution in [1.82, 2.24) is 10.0 Å². The zero-order valence-corrected chi connectivity index (χ0v) is 25.7. The molecule has 43 heavy (non-hydrogen) atoms. The summed E-state index contributed by atoms with van der Waals surface area (Å²) in [5.74, 6) is -3.31. The number of rotatable bonds is 8. The van der Waals surface area contributed by atoms with E-state index in [1.165, 1.54) is 54.6 Å². The van der Waals surface area contributed by atoms with Gasteiger partial charge < -0.3 is 4.18 Å². The average Bonchev–Trinajstić information content (AvgIpc) is 3.21. The summed E-state index contributed by atoms with van der Waals surface area (Å²) in [5.41, 5.74) is 1.03. The Morgan fingerprint density at radius 3 is 2.16 bits per heavy atom. The Morgan fingerprint density at radius 1 is 0.884 bits per heavy atom. The van der Waals surface area contributed by atoms with Crippen molar-refractivity contribution in [3.8, 4) is 5.75 Å². The van der Waals surface area contributed by atoms with Crippen LogP contribution in [0.15, 0.2) is 71.6 Å². The molecule has 224 valence electrons. The molecule has 1 aliphatic carbocycles. The van der Waals surface area contributed by atoms with Gasteiger partial charge in [0.05, 0.1) is 21.9 Å². The molecule has 0 unspecified atom stereocenters. The van der Waals surface area contributed by atoms with E-state index in [-0.39, 0.29) is 37.7 Å². The monoisotopic (exact) mass is 642 g/mol. The second kappa shape index (κ2) is 12.1. The number of hydrogen-bond acceptors (Lipinski definition) is 7. The molecule has 1 saturated carbocycles. The van der Waals surface area contributed by atoms with Gasteiger partial charge in [-0.1, -0.05) is 47.8 Å². The predicted molar refractivity (Wildman–Crippen MR) is 159 cm³/mol. The standard InChI is InChI=1S/C31H28Cl2N2O7S/c1-18-3-11-23(12-4-18)43(40,41)42-22-9-6-20(7-10-22)28(36)17-34(29(37)21-8-14-26(32)27(33)16-21)35-30(38)24-13-5-19(2)15-25(24)31(35)39/h3-4,6-12,14,16,19,24-25H,5,13,15,17H2,1-2H3/t19-,24-,25-/m1/s1. The fourth-order valence-corrected chi connectivity index (χ4v) is 6.65. The van der Waals surface area contributed by atoms with E-state index in [0.29, 0.717) is 12.8 Å². The molecule has 0 aromatic heterocycles. The third-order valence-corrected chi connectivity index (χ3v) is 9.79. The molecular formula is C31H28Cl2N2O7S. The minimum Gasteiger partial charge on any atom is -0.379 e. The van der Waals surface area contributed by atoms with Crippen LogP contribution in [0.3, 0.4) is 0 Å². The largest absolute Gasteiger partial charge is 0.379 e. The Hall–Kier alpha value is -3.73. The second-order valence-corrected chi connectivity index (χ2v) is 13.3. The van der Waals surface area contributed by atoms with Crippen LogP contribution in [0.1, 0.15) is 52.5 Å². The van der Waals surface area contributed by atoms with Crippen molar-refractivity contribution in [2.75, 3.05) is 6.54 Å². The molecule has 0 spiro atoms. The highest BCUT2D eigenvalue weighted by Crippen LogP contribution is 2.41. The lowest BCUT2D eigenvalue weighted by Crippen LogP contribution is -2.52. The van der Waals surface area contributed by atoms with E-state index in [0.717, 1.165) is 22.0 Å². The lowest BCUT2D eigenvalue weighted by molar-refractivity contribution is -0.154. The summed E-state index contributed by atoms with van der Waals surface area (Å²) >= 11 is 12.1. The highest BCUT2D eigenvalue weighted by molar-refractivity contribution is 7.87. The summed E-state index contributed by atoms with van der Waals surface area (Å²) in [6, 6.07) is 15.6. The zero-order valence-electron chi connectivity index (χ0n) is 23.3. The Morgan fingerprint density at radius 2 is 1.51 bits per heavy atom. The third-order valence-electron chi connectivity index (χ3n) is 7.79. The minimum atomic E-state index is -4.11. The van der Waals surface area contributed by atoms with Crippen molar-refractivity contribution >= 4 is 56.8 Å². The van der Waals surface area contributed by atoms with E-state index in [9.17, 15) is 27.6 Å². The number of hydrazine groups is 1. The smallest absolute Gasteiger partial charge is 0.339 e. The van der Waals surface area contributed by atoms with Gasteiger partial charge in [-0.3, -0.25) is 19.2 Å². The lowest BCUT2D eigenvalue weighted by atomic mass is 9.76. The molecule has 5 rings (SSSR count). The molecular weight excluding hydrogens is 615 g/mol. The normalized spacial score (nSPS) is 20.1. The van der Waals surface area contributed by atoms with Gasteiger partial charge in [-0.2, -0.15) is 13.4 Å². The molecule has 2 fully saturated rings. The summed E-state index contributed by atoms with van der Waals surface area (Å²) in [4.78, 5) is 54.1. The van der Waals surface area contributed by atoms with Crippen LogP contribution in [0.25, 0.3) is 0 Å². The Labute approximate surface area is 259 Å². The first-order chi connectivity index (χ1) is 20.4. The number of Topliss-reactive ketones (excluding diaryl/α,β-unsaturated/α-hetero) is 1. The van der Waals surface area contributed by atoms with Crippen LogP contribution in [-0.4, -0.2) is 48.5 Å². The van der Waals surface area contributed by atoms with E-state index in [4.69, 9.17) is 27.4 Å². The van der Waals surface area contributed by atoms with Crippen LogP contribution in [0.4, 0.5) is 0 Å². The van der Waals surface area contributed by atoms with E-state index < -0.39 is 52.0 Å². The number of halogens is 2. The summed E-state index contributed by atoms with van der Waals surface area (Å²) < 4.78 is 30.5. The fraction of sp³-hybridized carbons (Fsp3) is 0.290. The molecule has 1 saturated heterocycles. The van der Waals surface area contributed by atoms with Crippen molar-refractivity contribution in [2.45, 2.75) is 38.0 Å². The topological polar surface area (TPSA) is 118 Å². The lowest BCUT2D eigenvalue weighted by Gasteiger charge is -2.30. The van der Waals surface area contributed by atoms with Crippen molar-refractivity contribution in [3.05, 3.63) is 93.5 Å². The quantitative estimate of drug-likeness (QED) is 0.175. The van der Waals surface area contributed by atoms with Crippen molar-refractivity contribution in [2.24, 2.45) is 17.8 Å². The van der Waals surface area contributed by atoms with E-state index in [1.807, 2.05) is 13.8 Å². The number of hydrogen-bond donors (Lipinski definition) is 0. The summed E-state index contributed by atoms with van der Waals surface area (Å²) in [6.45, 7) is 3.21. The van der Waals surface area contributed by atoms with Gasteiger partial charge in [-0.25, -0.2) is 5.01 Å². The second-order valence-electron chi connectivity index (χ2n) is 10.9. The van der Waals surface area contributed by atoms with Gasteiger partial charge in [-0.15, -0.1) is 0 Å². The van der Waals surface area contributed by atoms with Gasteiger partial charge in [0.1, 0.15) is 17.2 Å². The van der Waals surface area contributed by atoms with Crippen LogP contribution >= 0.6 is 23.2 Å². The van der Waals surface area contributed by atoms with Crippen molar-refractivity contribution < 1.29 is 31.8 Å². The molecule has 1 aliphatic heterocycles. The number of amides is 3. The van der Waals surface area contributed by atoms with Crippen LogP contribution in [0.5, 0.6) is 5.75 Å². The molecule has 0 bridgehead atoms. The van der Waals surface area contributed by atoms with E-state index in [1.54, 1.807) is 12.1 Å². The molecule has 12 heteroatoms. The maximum atomic E-state index is 13.7. The average molecular weight is 644 g/mol. The highest BCUT2D eigenvalue weighted by atomic mass is 35.5. The highest BCUT2D eigenvalue weighted by Gasteiger charge is 2.52. The molecule has 9 nitrogen and oxygen atoms in total. The number of carbonyl (C=O) groups excluding carboxylic acids is 4. The molecule has 0 N–H and O–H groups in total. The molecule has 0 radical (unpaired) electrons. The minimum absolute atomic E-state index is 0.0235. The van der Waals surface area contributed by atoms with Crippen LogP contribution < -0.4 is 4.18 Å². The van der Waals surface area contributed by atoms with E-state index >= 15 is 0 Å². The fourth-order valence-electron chi connectivity index (χ4n) is 5.43. The predicted octanol–water partition coefficient (Wildman–Crippen LogP) is 5.73. The number of benzene rings is 3. The first-order valence-electron chi connectivity index (χ1n) is 13.6.